The van der Waals surface area contributed by atoms with Gasteiger partial charge in [-0.2, -0.15) is 0 Å². The summed E-state index contributed by atoms with van der Waals surface area (Å²) in [5.41, 5.74) is 2.64. The van der Waals surface area contributed by atoms with Crippen LogP contribution in [-0.2, 0) is 16.0 Å². The first-order valence-corrected chi connectivity index (χ1v) is 7.65. The molecule has 3 unspecified atom stereocenters. The highest BCUT2D eigenvalue weighted by Crippen LogP contribution is 2.42. The van der Waals surface area contributed by atoms with Crippen LogP contribution in [0.4, 0.5) is 0 Å². The van der Waals surface area contributed by atoms with Crippen molar-refractivity contribution in [2.75, 3.05) is 7.11 Å². The molecular formula is C17H23NO2. The first kappa shape index (κ1) is 13.6. The number of hydrogen-bond acceptors (Lipinski definition) is 3. The van der Waals surface area contributed by atoms with Crippen LogP contribution >= 0.6 is 0 Å². The lowest BCUT2D eigenvalue weighted by molar-refractivity contribution is -0.148. The maximum atomic E-state index is 12.2. The Balaban J connectivity index is 1.89. The van der Waals surface area contributed by atoms with Crippen LogP contribution in [0, 0.1) is 5.92 Å². The molecule has 3 nitrogen and oxygen atoms in total. The summed E-state index contributed by atoms with van der Waals surface area (Å²) in [5.74, 6) is 0.200. The normalized spacial score (nSPS) is 32.1. The molecular weight excluding hydrogens is 250 g/mol. The minimum absolute atomic E-state index is 0.0359. The Labute approximate surface area is 120 Å². The van der Waals surface area contributed by atoms with E-state index in [2.05, 4.69) is 36.5 Å². The molecule has 2 fully saturated rings. The van der Waals surface area contributed by atoms with E-state index in [0.717, 1.165) is 19.3 Å². The first-order chi connectivity index (χ1) is 9.72. The van der Waals surface area contributed by atoms with Crippen molar-refractivity contribution in [1.29, 1.82) is 0 Å². The van der Waals surface area contributed by atoms with Crippen LogP contribution in [0.15, 0.2) is 24.3 Å². The van der Waals surface area contributed by atoms with Gasteiger partial charge in [-0.15, -0.1) is 0 Å². The molecule has 2 bridgehead atoms. The number of benzene rings is 1. The van der Waals surface area contributed by atoms with Crippen LogP contribution in [0.5, 0.6) is 0 Å². The van der Waals surface area contributed by atoms with E-state index in [9.17, 15) is 4.79 Å². The average Bonchev–Trinajstić information content (AvgIpc) is 2.88. The summed E-state index contributed by atoms with van der Waals surface area (Å²) in [5, 5.41) is 3.58. The number of methoxy groups -OCH3 is 1. The van der Waals surface area contributed by atoms with Crippen molar-refractivity contribution in [1.82, 2.24) is 5.32 Å². The molecule has 4 atom stereocenters. The SMILES string of the molecule is CCc1ccc([C@H]2CC3CCC(N3)C2C(=O)OC)cc1. The van der Waals surface area contributed by atoms with E-state index in [1.54, 1.807) is 0 Å². The molecule has 0 spiro atoms. The van der Waals surface area contributed by atoms with Gasteiger partial charge in [-0.1, -0.05) is 31.2 Å². The molecule has 3 rings (SSSR count). The predicted molar refractivity (Wildman–Crippen MR) is 78.6 cm³/mol. The van der Waals surface area contributed by atoms with E-state index >= 15 is 0 Å². The largest absolute Gasteiger partial charge is 0.469 e. The highest BCUT2D eigenvalue weighted by atomic mass is 16.5. The van der Waals surface area contributed by atoms with E-state index in [0.29, 0.717) is 12.0 Å². The Morgan fingerprint density at radius 3 is 2.70 bits per heavy atom. The zero-order valence-corrected chi connectivity index (χ0v) is 12.3. The van der Waals surface area contributed by atoms with Crippen LogP contribution in [-0.4, -0.2) is 25.2 Å². The highest BCUT2D eigenvalue weighted by molar-refractivity contribution is 5.75. The maximum absolute atomic E-state index is 12.2. The van der Waals surface area contributed by atoms with E-state index in [1.165, 1.54) is 24.7 Å². The fraction of sp³-hybridized carbons (Fsp3) is 0.588. The van der Waals surface area contributed by atoms with E-state index < -0.39 is 0 Å². The third-order valence-corrected chi connectivity index (χ3v) is 4.97. The van der Waals surface area contributed by atoms with Crippen molar-refractivity contribution in [3.8, 4) is 0 Å². The van der Waals surface area contributed by atoms with E-state index in [-0.39, 0.29) is 17.9 Å². The van der Waals surface area contributed by atoms with Crippen molar-refractivity contribution in [3.63, 3.8) is 0 Å². The van der Waals surface area contributed by atoms with Gasteiger partial charge in [-0.25, -0.2) is 0 Å². The number of aryl methyl sites for hydroxylation is 1. The molecule has 20 heavy (non-hydrogen) atoms. The van der Waals surface area contributed by atoms with Crippen LogP contribution in [0.25, 0.3) is 0 Å². The molecule has 0 aliphatic carbocycles. The summed E-state index contributed by atoms with van der Waals surface area (Å²) in [6, 6.07) is 9.63. The van der Waals surface area contributed by atoms with Crippen molar-refractivity contribution >= 4 is 5.97 Å². The van der Waals surface area contributed by atoms with Gasteiger partial charge in [0.15, 0.2) is 0 Å². The minimum atomic E-state index is -0.0626. The van der Waals surface area contributed by atoms with Gasteiger partial charge >= 0.3 is 5.97 Å². The Morgan fingerprint density at radius 2 is 2.05 bits per heavy atom. The van der Waals surface area contributed by atoms with Crippen molar-refractivity contribution in [3.05, 3.63) is 35.4 Å². The minimum Gasteiger partial charge on any atom is -0.469 e. The molecule has 108 valence electrons. The molecule has 3 heteroatoms. The van der Waals surface area contributed by atoms with Gasteiger partial charge in [0.05, 0.1) is 13.0 Å². The van der Waals surface area contributed by atoms with Crippen molar-refractivity contribution in [2.45, 2.75) is 50.6 Å². The highest BCUT2D eigenvalue weighted by Gasteiger charge is 2.46. The summed E-state index contributed by atoms with van der Waals surface area (Å²) in [6.07, 6.45) is 4.37. The molecule has 0 saturated carbocycles. The second kappa shape index (κ2) is 5.57. The summed E-state index contributed by atoms with van der Waals surface area (Å²) in [6.45, 7) is 2.16. The lowest BCUT2D eigenvalue weighted by Gasteiger charge is -2.36. The number of esters is 1. The van der Waals surface area contributed by atoms with Crippen LogP contribution in [0.2, 0.25) is 0 Å². The van der Waals surface area contributed by atoms with Gasteiger partial charge in [-0.3, -0.25) is 4.79 Å². The topological polar surface area (TPSA) is 38.3 Å². The zero-order valence-electron chi connectivity index (χ0n) is 12.3. The fourth-order valence-corrected chi connectivity index (χ4v) is 3.86. The molecule has 0 aromatic heterocycles. The predicted octanol–water partition coefficient (Wildman–Crippen LogP) is 2.65. The maximum Gasteiger partial charge on any atom is 0.310 e. The lowest BCUT2D eigenvalue weighted by Crippen LogP contribution is -2.48. The average molecular weight is 273 g/mol. The fourth-order valence-electron chi connectivity index (χ4n) is 3.86. The zero-order chi connectivity index (χ0) is 14.1. The number of piperidine rings is 1. The van der Waals surface area contributed by atoms with E-state index in [4.69, 9.17) is 4.74 Å². The van der Waals surface area contributed by atoms with Crippen LogP contribution in [0.1, 0.15) is 43.2 Å². The Morgan fingerprint density at radius 1 is 1.30 bits per heavy atom. The second-order valence-corrected chi connectivity index (χ2v) is 6.03. The number of nitrogens with one attached hydrogen (secondary N) is 1. The Bertz CT molecular complexity index is 482. The number of hydrogen-bond donors (Lipinski definition) is 1. The van der Waals surface area contributed by atoms with Crippen LogP contribution in [0.3, 0.4) is 0 Å². The standard InChI is InChI=1S/C17H23NO2/c1-3-11-4-6-12(7-5-11)14-10-13-8-9-15(18-13)16(14)17(19)20-2/h4-7,13-16,18H,3,8-10H2,1-2H3/t13?,14-,15?,16?/m1/s1. The van der Waals surface area contributed by atoms with Gasteiger partial charge in [0.1, 0.15) is 0 Å². The number of rotatable bonds is 3. The van der Waals surface area contributed by atoms with Crippen molar-refractivity contribution in [2.24, 2.45) is 5.92 Å². The molecule has 1 N–H and O–H groups in total. The number of fused-ring (bicyclic) bond motifs is 2. The number of ether oxygens (including phenoxy) is 1. The van der Waals surface area contributed by atoms with E-state index in [1.807, 2.05) is 0 Å². The third-order valence-electron chi connectivity index (χ3n) is 4.97. The summed E-state index contributed by atoms with van der Waals surface area (Å²) in [7, 11) is 1.50. The first-order valence-electron chi connectivity index (χ1n) is 7.65. The molecule has 2 heterocycles. The van der Waals surface area contributed by atoms with Gasteiger partial charge < -0.3 is 10.1 Å². The lowest BCUT2D eigenvalue weighted by atomic mass is 9.77. The Kier molecular flexibility index (Phi) is 3.79. The summed E-state index contributed by atoms with van der Waals surface area (Å²) >= 11 is 0. The molecule has 2 saturated heterocycles. The van der Waals surface area contributed by atoms with Gasteiger partial charge in [0.25, 0.3) is 0 Å². The molecule has 0 amide bonds. The molecule has 0 radical (unpaired) electrons. The number of carbonyl (C=O) groups excluding carboxylic acids is 1. The van der Waals surface area contributed by atoms with Gasteiger partial charge in [0, 0.05) is 18.0 Å². The monoisotopic (exact) mass is 273 g/mol. The van der Waals surface area contributed by atoms with Gasteiger partial charge in [-0.05, 0) is 36.8 Å². The molecule has 1 aromatic rings. The molecule has 2 aliphatic rings. The van der Waals surface area contributed by atoms with Gasteiger partial charge in [0.2, 0.25) is 0 Å². The summed E-state index contributed by atoms with van der Waals surface area (Å²) in [4.78, 5) is 12.2. The third kappa shape index (κ3) is 2.35. The number of carbonyl (C=O) groups is 1. The molecule has 1 aromatic carbocycles. The molecule has 2 aliphatic heterocycles. The smallest absolute Gasteiger partial charge is 0.310 e. The van der Waals surface area contributed by atoms with Crippen molar-refractivity contribution < 1.29 is 9.53 Å². The quantitative estimate of drug-likeness (QED) is 0.860. The summed E-state index contributed by atoms with van der Waals surface area (Å²) < 4.78 is 5.06. The van der Waals surface area contributed by atoms with Crippen LogP contribution < -0.4 is 5.32 Å². The Hall–Kier alpha value is -1.35. The second-order valence-electron chi connectivity index (χ2n) is 6.03.